The van der Waals surface area contributed by atoms with Crippen LogP contribution in [0.3, 0.4) is 0 Å². The third-order valence-corrected chi connectivity index (χ3v) is 4.13. The van der Waals surface area contributed by atoms with Gasteiger partial charge in [-0.2, -0.15) is 0 Å². The zero-order chi connectivity index (χ0) is 13.2. The van der Waals surface area contributed by atoms with Crippen LogP contribution in [0.5, 0.6) is 0 Å². The maximum absolute atomic E-state index is 12.2. The quantitative estimate of drug-likeness (QED) is 0.573. The number of unbranched alkanes of at least 4 members (excludes halogenated alkanes) is 4. The molecular formula is C16H31NO. The van der Waals surface area contributed by atoms with Crippen molar-refractivity contribution >= 4 is 5.91 Å². The Kier molecular flexibility index (Phi) is 8.11. The largest absolute Gasteiger partial charge is 0.353 e. The van der Waals surface area contributed by atoms with Crippen LogP contribution in [0.4, 0.5) is 0 Å². The van der Waals surface area contributed by atoms with Crippen LogP contribution in [0, 0.1) is 5.92 Å². The van der Waals surface area contributed by atoms with Gasteiger partial charge in [0.15, 0.2) is 0 Å². The highest BCUT2D eigenvalue weighted by molar-refractivity contribution is 5.79. The van der Waals surface area contributed by atoms with Gasteiger partial charge in [0.05, 0.1) is 0 Å². The van der Waals surface area contributed by atoms with Gasteiger partial charge in [-0.05, 0) is 32.1 Å². The van der Waals surface area contributed by atoms with Crippen molar-refractivity contribution in [2.24, 2.45) is 5.92 Å². The third-order valence-electron chi connectivity index (χ3n) is 4.13. The highest BCUT2D eigenvalue weighted by Gasteiger charge is 2.24. The molecule has 1 saturated carbocycles. The lowest BCUT2D eigenvalue weighted by atomic mass is 9.90. The summed E-state index contributed by atoms with van der Waals surface area (Å²) in [6.45, 7) is 4.44. The van der Waals surface area contributed by atoms with Crippen LogP contribution in [0.15, 0.2) is 0 Å². The molecule has 1 unspecified atom stereocenters. The van der Waals surface area contributed by atoms with Crippen LogP contribution in [0.2, 0.25) is 0 Å². The number of nitrogens with one attached hydrogen (secondary N) is 1. The summed E-state index contributed by atoms with van der Waals surface area (Å²) in [5, 5.41) is 3.23. The van der Waals surface area contributed by atoms with Crippen molar-refractivity contribution in [3.05, 3.63) is 0 Å². The maximum Gasteiger partial charge on any atom is 0.223 e. The second-order valence-corrected chi connectivity index (χ2v) is 5.82. The fourth-order valence-electron chi connectivity index (χ4n) is 2.55. The zero-order valence-electron chi connectivity index (χ0n) is 12.3. The summed E-state index contributed by atoms with van der Waals surface area (Å²) in [7, 11) is 0. The van der Waals surface area contributed by atoms with Crippen LogP contribution in [0.25, 0.3) is 0 Å². The Morgan fingerprint density at radius 2 is 1.72 bits per heavy atom. The van der Waals surface area contributed by atoms with Gasteiger partial charge in [0, 0.05) is 12.0 Å². The number of hydrogen-bond acceptors (Lipinski definition) is 1. The van der Waals surface area contributed by atoms with E-state index in [1.54, 1.807) is 0 Å². The van der Waals surface area contributed by atoms with Crippen LogP contribution >= 0.6 is 0 Å². The molecule has 18 heavy (non-hydrogen) atoms. The SMILES string of the molecule is CCCCCCC(CCCC)C(=O)NC1CCC1. The second kappa shape index (κ2) is 9.41. The Hall–Kier alpha value is -0.530. The average Bonchev–Trinajstić information content (AvgIpc) is 2.32. The molecule has 0 radical (unpaired) electrons. The lowest BCUT2D eigenvalue weighted by Gasteiger charge is -2.28. The van der Waals surface area contributed by atoms with E-state index in [9.17, 15) is 4.79 Å². The van der Waals surface area contributed by atoms with Crippen molar-refractivity contribution in [3.63, 3.8) is 0 Å². The number of hydrogen-bond donors (Lipinski definition) is 1. The molecule has 1 N–H and O–H groups in total. The Bertz CT molecular complexity index is 223. The highest BCUT2D eigenvalue weighted by Crippen LogP contribution is 2.22. The van der Waals surface area contributed by atoms with Crippen LogP contribution in [0.1, 0.15) is 84.5 Å². The minimum atomic E-state index is 0.280. The molecule has 1 fully saturated rings. The van der Waals surface area contributed by atoms with Crippen LogP contribution in [-0.2, 0) is 4.79 Å². The first-order chi connectivity index (χ1) is 8.77. The molecule has 0 aliphatic heterocycles. The second-order valence-electron chi connectivity index (χ2n) is 5.82. The molecule has 1 rings (SSSR count). The molecule has 1 aliphatic rings. The molecule has 1 aliphatic carbocycles. The zero-order valence-corrected chi connectivity index (χ0v) is 12.3. The molecule has 2 nitrogen and oxygen atoms in total. The number of amides is 1. The van der Waals surface area contributed by atoms with E-state index < -0.39 is 0 Å². The van der Waals surface area contributed by atoms with E-state index >= 15 is 0 Å². The molecule has 0 saturated heterocycles. The standard InChI is InChI=1S/C16H31NO/c1-3-5-7-8-11-14(10-6-4-2)16(18)17-15-12-9-13-15/h14-15H,3-13H2,1-2H3,(H,17,18). The lowest BCUT2D eigenvalue weighted by molar-refractivity contribution is -0.126. The van der Waals surface area contributed by atoms with Crippen molar-refractivity contribution in [3.8, 4) is 0 Å². The summed E-state index contributed by atoms with van der Waals surface area (Å²) in [6, 6.07) is 0.497. The van der Waals surface area contributed by atoms with Gasteiger partial charge < -0.3 is 5.32 Å². The van der Waals surface area contributed by atoms with Gasteiger partial charge in [-0.3, -0.25) is 4.79 Å². The molecule has 0 spiro atoms. The topological polar surface area (TPSA) is 29.1 Å². The van der Waals surface area contributed by atoms with E-state index in [1.807, 2.05) is 0 Å². The average molecular weight is 253 g/mol. The molecule has 1 atom stereocenters. The van der Waals surface area contributed by atoms with E-state index in [0.29, 0.717) is 11.9 Å². The van der Waals surface area contributed by atoms with Crippen molar-refractivity contribution in [2.75, 3.05) is 0 Å². The molecule has 2 heteroatoms. The minimum absolute atomic E-state index is 0.280. The van der Waals surface area contributed by atoms with Crippen LogP contribution < -0.4 is 5.32 Å². The van der Waals surface area contributed by atoms with Gasteiger partial charge in [-0.1, -0.05) is 52.4 Å². The molecular weight excluding hydrogens is 222 g/mol. The molecule has 0 heterocycles. The summed E-state index contributed by atoms with van der Waals surface area (Å²) >= 11 is 0. The number of rotatable bonds is 10. The van der Waals surface area contributed by atoms with E-state index in [0.717, 1.165) is 12.8 Å². The third kappa shape index (κ3) is 5.88. The monoisotopic (exact) mass is 253 g/mol. The van der Waals surface area contributed by atoms with Gasteiger partial charge in [0.1, 0.15) is 0 Å². The Balaban J connectivity index is 2.25. The van der Waals surface area contributed by atoms with Gasteiger partial charge >= 0.3 is 0 Å². The molecule has 0 aromatic rings. The molecule has 1 amide bonds. The van der Waals surface area contributed by atoms with E-state index in [1.165, 1.54) is 57.8 Å². The first-order valence-corrected chi connectivity index (χ1v) is 8.08. The van der Waals surface area contributed by atoms with E-state index in [4.69, 9.17) is 0 Å². The minimum Gasteiger partial charge on any atom is -0.353 e. The van der Waals surface area contributed by atoms with Crippen LogP contribution in [-0.4, -0.2) is 11.9 Å². The smallest absolute Gasteiger partial charge is 0.223 e. The number of carbonyl (C=O) groups excluding carboxylic acids is 1. The summed E-state index contributed by atoms with van der Waals surface area (Å²) in [4.78, 5) is 12.2. The van der Waals surface area contributed by atoms with E-state index in [2.05, 4.69) is 19.2 Å². The van der Waals surface area contributed by atoms with Gasteiger partial charge in [0.25, 0.3) is 0 Å². The summed E-state index contributed by atoms with van der Waals surface area (Å²) in [6.07, 6.45) is 13.3. The highest BCUT2D eigenvalue weighted by atomic mass is 16.1. The molecule has 0 bridgehead atoms. The van der Waals surface area contributed by atoms with E-state index in [-0.39, 0.29) is 5.92 Å². The Morgan fingerprint density at radius 3 is 2.28 bits per heavy atom. The maximum atomic E-state index is 12.2. The normalized spacial score (nSPS) is 17.2. The van der Waals surface area contributed by atoms with Crippen molar-refractivity contribution in [1.29, 1.82) is 0 Å². The molecule has 0 aromatic heterocycles. The summed E-state index contributed by atoms with van der Waals surface area (Å²) in [5.41, 5.74) is 0. The Morgan fingerprint density at radius 1 is 1.06 bits per heavy atom. The Labute approximate surface area is 113 Å². The van der Waals surface area contributed by atoms with Crippen molar-refractivity contribution < 1.29 is 4.79 Å². The van der Waals surface area contributed by atoms with Gasteiger partial charge in [-0.25, -0.2) is 0 Å². The molecule has 106 valence electrons. The fourth-order valence-corrected chi connectivity index (χ4v) is 2.55. The van der Waals surface area contributed by atoms with Crippen molar-refractivity contribution in [2.45, 2.75) is 90.5 Å². The predicted molar refractivity (Wildman–Crippen MR) is 77.6 cm³/mol. The molecule has 0 aromatic carbocycles. The lowest BCUT2D eigenvalue weighted by Crippen LogP contribution is -2.42. The van der Waals surface area contributed by atoms with Gasteiger partial charge in [0.2, 0.25) is 5.91 Å². The summed E-state index contributed by atoms with van der Waals surface area (Å²) < 4.78 is 0. The first-order valence-electron chi connectivity index (χ1n) is 8.08. The predicted octanol–water partition coefficient (Wildman–Crippen LogP) is 4.43. The first kappa shape index (κ1) is 15.5. The van der Waals surface area contributed by atoms with Crippen molar-refractivity contribution in [1.82, 2.24) is 5.32 Å². The summed E-state index contributed by atoms with van der Waals surface area (Å²) in [5.74, 6) is 0.618. The van der Waals surface area contributed by atoms with Gasteiger partial charge in [-0.15, -0.1) is 0 Å². The number of carbonyl (C=O) groups is 1. The fraction of sp³-hybridized carbons (Fsp3) is 0.938.